The van der Waals surface area contributed by atoms with E-state index >= 15 is 0 Å². The summed E-state index contributed by atoms with van der Waals surface area (Å²) in [6.07, 6.45) is 8.57. The molecule has 2 heteroatoms. The Labute approximate surface area is 87.1 Å². The van der Waals surface area contributed by atoms with E-state index in [0.717, 1.165) is 12.3 Å². The number of hydrogen-bond donors (Lipinski definition) is 2. The predicted molar refractivity (Wildman–Crippen MR) is 58.2 cm³/mol. The van der Waals surface area contributed by atoms with Gasteiger partial charge in [-0.15, -0.1) is 0 Å². The summed E-state index contributed by atoms with van der Waals surface area (Å²) in [5, 5.41) is 13.5. The summed E-state index contributed by atoms with van der Waals surface area (Å²) in [7, 11) is 0. The first-order valence-electron chi connectivity index (χ1n) is 6.20. The van der Waals surface area contributed by atoms with Crippen LogP contribution in [0, 0.1) is 5.92 Å². The second-order valence-corrected chi connectivity index (χ2v) is 5.24. The van der Waals surface area contributed by atoms with Crippen LogP contribution in [0.1, 0.15) is 51.9 Å². The van der Waals surface area contributed by atoms with E-state index in [1.165, 1.54) is 38.5 Å². The Kier molecular flexibility index (Phi) is 3.45. The molecule has 2 unspecified atom stereocenters. The molecule has 0 spiro atoms. The summed E-state index contributed by atoms with van der Waals surface area (Å²) >= 11 is 0. The van der Waals surface area contributed by atoms with Crippen LogP contribution in [0.4, 0.5) is 0 Å². The molecule has 0 saturated heterocycles. The molecule has 0 radical (unpaired) electrons. The van der Waals surface area contributed by atoms with Crippen molar-refractivity contribution in [1.29, 1.82) is 0 Å². The average molecular weight is 197 g/mol. The monoisotopic (exact) mass is 197 g/mol. The molecule has 0 aromatic heterocycles. The lowest BCUT2D eigenvalue weighted by Crippen LogP contribution is -2.46. The quantitative estimate of drug-likeness (QED) is 0.710. The van der Waals surface area contributed by atoms with Crippen LogP contribution >= 0.6 is 0 Å². The van der Waals surface area contributed by atoms with Crippen molar-refractivity contribution in [1.82, 2.24) is 5.32 Å². The fraction of sp³-hybridized carbons (Fsp3) is 1.00. The first-order valence-corrected chi connectivity index (χ1v) is 6.20. The number of nitrogens with one attached hydrogen (secondary N) is 1. The maximum Gasteiger partial charge on any atom is 0.0693 e. The fourth-order valence-electron chi connectivity index (χ4n) is 2.97. The van der Waals surface area contributed by atoms with Crippen LogP contribution in [0.5, 0.6) is 0 Å². The molecule has 0 aliphatic heterocycles. The largest absolute Gasteiger partial charge is 0.392 e. The Balaban J connectivity index is 1.78. The van der Waals surface area contributed by atoms with Crippen LogP contribution < -0.4 is 5.32 Å². The normalized spacial score (nSPS) is 44.1. The van der Waals surface area contributed by atoms with Crippen molar-refractivity contribution in [2.24, 2.45) is 5.92 Å². The molecule has 82 valence electrons. The highest BCUT2D eigenvalue weighted by molar-refractivity contribution is 4.86. The lowest BCUT2D eigenvalue weighted by atomic mass is 9.92. The third-order valence-electron chi connectivity index (χ3n) is 3.87. The molecule has 2 nitrogen and oxygen atoms in total. The van der Waals surface area contributed by atoms with Crippen molar-refractivity contribution in [3.63, 3.8) is 0 Å². The van der Waals surface area contributed by atoms with E-state index < -0.39 is 0 Å². The second kappa shape index (κ2) is 4.63. The second-order valence-electron chi connectivity index (χ2n) is 5.24. The van der Waals surface area contributed by atoms with Crippen molar-refractivity contribution in [3.05, 3.63) is 0 Å². The van der Waals surface area contributed by atoms with E-state index in [4.69, 9.17) is 0 Å². The predicted octanol–water partition coefficient (Wildman–Crippen LogP) is 2.07. The van der Waals surface area contributed by atoms with Gasteiger partial charge in [0.05, 0.1) is 6.10 Å². The van der Waals surface area contributed by atoms with Crippen LogP contribution in [0.3, 0.4) is 0 Å². The molecule has 0 heterocycles. The molecule has 14 heavy (non-hydrogen) atoms. The Morgan fingerprint density at radius 2 is 1.86 bits per heavy atom. The Bertz CT molecular complexity index is 183. The third kappa shape index (κ3) is 2.48. The molecule has 0 amide bonds. The standard InChI is InChI=1S/C12H23NO/c1-9-6-7-10(8-9)13-11-4-2-3-5-12(11)14/h9-14H,2-8H2,1H3/t9?,10?,11-,12-/m1/s1. The first kappa shape index (κ1) is 10.4. The number of hydrogen-bond acceptors (Lipinski definition) is 2. The van der Waals surface area contributed by atoms with Gasteiger partial charge in [-0.1, -0.05) is 19.8 Å². The molecule has 0 bridgehead atoms. The van der Waals surface area contributed by atoms with Crippen LogP contribution in [0.25, 0.3) is 0 Å². The lowest BCUT2D eigenvalue weighted by molar-refractivity contribution is 0.0850. The summed E-state index contributed by atoms with van der Waals surface area (Å²) in [5.74, 6) is 0.883. The van der Waals surface area contributed by atoms with Gasteiger partial charge in [0.15, 0.2) is 0 Å². The zero-order chi connectivity index (χ0) is 9.97. The van der Waals surface area contributed by atoms with Crippen LogP contribution in [0.2, 0.25) is 0 Å². The molecule has 2 aliphatic carbocycles. The highest BCUT2D eigenvalue weighted by atomic mass is 16.3. The Hall–Kier alpha value is -0.0800. The van der Waals surface area contributed by atoms with E-state index in [2.05, 4.69) is 12.2 Å². The summed E-state index contributed by atoms with van der Waals surface area (Å²) in [6.45, 7) is 2.33. The van der Waals surface area contributed by atoms with Gasteiger partial charge in [-0.3, -0.25) is 0 Å². The van der Waals surface area contributed by atoms with E-state index in [1.54, 1.807) is 0 Å². The van der Waals surface area contributed by atoms with Gasteiger partial charge < -0.3 is 10.4 Å². The van der Waals surface area contributed by atoms with Crippen molar-refractivity contribution in [2.75, 3.05) is 0 Å². The summed E-state index contributed by atoms with van der Waals surface area (Å²) in [6, 6.07) is 1.07. The summed E-state index contributed by atoms with van der Waals surface area (Å²) in [5.41, 5.74) is 0. The van der Waals surface area contributed by atoms with Gasteiger partial charge in [0.1, 0.15) is 0 Å². The number of aliphatic hydroxyl groups is 1. The Morgan fingerprint density at radius 3 is 2.50 bits per heavy atom. The molecule has 4 atom stereocenters. The molecule has 2 saturated carbocycles. The van der Waals surface area contributed by atoms with E-state index in [9.17, 15) is 5.11 Å². The van der Waals surface area contributed by atoms with Gasteiger partial charge in [-0.2, -0.15) is 0 Å². The molecule has 0 aromatic carbocycles. The molecule has 2 fully saturated rings. The van der Waals surface area contributed by atoms with Gasteiger partial charge in [0.25, 0.3) is 0 Å². The minimum Gasteiger partial charge on any atom is -0.392 e. The topological polar surface area (TPSA) is 32.3 Å². The molecular weight excluding hydrogens is 174 g/mol. The van der Waals surface area contributed by atoms with Crippen molar-refractivity contribution in [3.8, 4) is 0 Å². The smallest absolute Gasteiger partial charge is 0.0693 e. The Morgan fingerprint density at radius 1 is 1.07 bits per heavy atom. The molecule has 2 aliphatic rings. The molecule has 2 N–H and O–H groups in total. The van der Waals surface area contributed by atoms with Gasteiger partial charge in [0.2, 0.25) is 0 Å². The maximum atomic E-state index is 9.83. The third-order valence-corrected chi connectivity index (χ3v) is 3.87. The minimum absolute atomic E-state index is 0.0837. The fourth-order valence-corrected chi connectivity index (χ4v) is 2.97. The maximum absolute atomic E-state index is 9.83. The molecular formula is C12H23NO. The number of aliphatic hydroxyl groups excluding tert-OH is 1. The summed E-state index contributed by atoms with van der Waals surface area (Å²) < 4.78 is 0. The zero-order valence-electron chi connectivity index (χ0n) is 9.21. The van der Waals surface area contributed by atoms with E-state index in [1.807, 2.05) is 0 Å². The molecule has 0 aromatic rings. The highest BCUT2D eigenvalue weighted by Gasteiger charge is 2.28. The van der Waals surface area contributed by atoms with Gasteiger partial charge >= 0.3 is 0 Å². The van der Waals surface area contributed by atoms with Gasteiger partial charge in [0, 0.05) is 12.1 Å². The van der Waals surface area contributed by atoms with Crippen molar-refractivity contribution >= 4 is 0 Å². The van der Waals surface area contributed by atoms with Crippen molar-refractivity contribution < 1.29 is 5.11 Å². The van der Waals surface area contributed by atoms with E-state index in [-0.39, 0.29) is 6.10 Å². The van der Waals surface area contributed by atoms with Crippen LogP contribution in [-0.2, 0) is 0 Å². The SMILES string of the molecule is CC1CCC(N[C@@H]2CCCC[C@H]2O)C1. The zero-order valence-corrected chi connectivity index (χ0v) is 9.21. The van der Waals surface area contributed by atoms with Gasteiger partial charge in [-0.25, -0.2) is 0 Å². The lowest BCUT2D eigenvalue weighted by Gasteiger charge is -2.31. The van der Waals surface area contributed by atoms with Crippen LogP contribution in [-0.4, -0.2) is 23.3 Å². The number of rotatable bonds is 2. The van der Waals surface area contributed by atoms with Gasteiger partial charge in [-0.05, 0) is 38.0 Å². The molecule has 2 rings (SSSR count). The van der Waals surface area contributed by atoms with Crippen molar-refractivity contribution in [2.45, 2.75) is 70.1 Å². The average Bonchev–Trinajstić information content (AvgIpc) is 2.56. The summed E-state index contributed by atoms with van der Waals surface area (Å²) in [4.78, 5) is 0. The van der Waals surface area contributed by atoms with Crippen LogP contribution in [0.15, 0.2) is 0 Å². The first-order chi connectivity index (χ1) is 6.75. The highest BCUT2D eigenvalue weighted by Crippen LogP contribution is 2.27. The minimum atomic E-state index is -0.0837. The van der Waals surface area contributed by atoms with E-state index in [0.29, 0.717) is 12.1 Å².